The molecule has 4 heteroatoms. The van der Waals surface area contributed by atoms with Gasteiger partial charge in [0.25, 0.3) is 0 Å². The Balaban J connectivity index is 1.58. The zero-order valence-corrected chi connectivity index (χ0v) is 12.8. The van der Waals surface area contributed by atoms with E-state index in [1.165, 1.54) is 25.7 Å². The molecule has 2 bridgehead atoms. The molecule has 3 rings (SSSR count). The molecule has 20 heavy (non-hydrogen) atoms. The molecule has 3 atom stereocenters. The van der Waals surface area contributed by atoms with E-state index in [4.69, 9.17) is 4.74 Å². The molecule has 2 aliphatic rings. The van der Waals surface area contributed by atoms with Crippen molar-refractivity contribution in [2.24, 2.45) is 17.8 Å². The lowest BCUT2D eigenvalue weighted by Gasteiger charge is -2.23. The van der Waals surface area contributed by atoms with E-state index < -0.39 is 0 Å². The van der Waals surface area contributed by atoms with Gasteiger partial charge in [0, 0.05) is 33.0 Å². The number of nitrogens with one attached hydrogen (secondary N) is 1. The van der Waals surface area contributed by atoms with Crippen LogP contribution in [0.2, 0.25) is 0 Å². The minimum absolute atomic E-state index is 0.805. The summed E-state index contributed by atoms with van der Waals surface area (Å²) in [6.45, 7) is 4.96. The van der Waals surface area contributed by atoms with Gasteiger partial charge in [-0.25, -0.2) is 4.98 Å². The van der Waals surface area contributed by atoms with Gasteiger partial charge in [-0.3, -0.25) is 0 Å². The second kappa shape index (κ2) is 6.17. The van der Waals surface area contributed by atoms with E-state index in [-0.39, 0.29) is 0 Å². The highest BCUT2D eigenvalue weighted by Gasteiger charge is 2.39. The van der Waals surface area contributed by atoms with Crippen LogP contribution in [0.15, 0.2) is 6.20 Å². The Morgan fingerprint density at radius 2 is 2.30 bits per heavy atom. The highest BCUT2D eigenvalue weighted by molar-refractivity contribution is 5.28. The number of hydrogen-bond donors (Lipinski definition) is 1. The first-order valence-corrected chi connectivity index (χ1v) is 8.03. The number of aryl methyl sites for hydroxylation is 1. The molecule has 0 amide bonds. The molecule has 1 heterocycles. The van der Waals surface area contributed by atoms with Crippen LogP contribution in [-0.4, -0.2) is 29.8 Å². The quantitative estimate of drug-likeness (QED) is 0.779. The Kier molecular flexibility index (Phi) is 4.29. The van der Waals surface area contributed by atoms with Crippen LogP contribution in [0, 0.1) is 24.7 Å². The highest BCUT2D eigenvalue weighted by Crippen LogP contribution is 2.49. The Morgan fingerprint density at radius 1 is 1.40 bits per heavy atom. The molecule has 0 aromatic carbocycles. The summed E-state index contributed by atoms with van der Waals surface area (Å²) in [5.41, 5.74) is 1.11. The van der Waals surface area contributed by atoms with Crippen molar-refractivity contribution in [3.63, 3.8) is 0 Å². The van der Waals surface area contributed by atoms with Crippen molar-refractivity contribution >= 4 is 5.95 Å². The molecule has 1 aromatic heterocycles. The predicted molar refractivity (Wildman–Crippen MR) is 80.9 cm³/mol. The molecular weight excluding hydrogens is 250 g/mol. The number of rotatable bonds is 7. The fourth-order valence-electron chi connectivity index (χ4n) is 4.10. The first-order chi connectivity index (χ1) is 9.76. The second-order valence-electron chi connectivity index (χ2n) is 6.57. The molecule has 0 radical (unpaired) electrons. The van der Waals surface area contributed by atoms with Crippen LogP contribution >= 0.6 is 0 Å². The summed E-state index contributed by atoms with van der Waals surface area (Å²) in [6, 6.07) is 0. The molecule has 3 unspecified atom stereocenters. The molecule has 0 saturated heterocycles. The lowest BCUT2D eigenvalue weighted by atomic mass is 9.89. The Bertz CT molecular complexity index is 443. The Hall–Kier alpha value is -1.03. The number of aromatic nitrogens is 2. The Labute approximate surface area is 121 Å². The molecular formula is C16H27N3O. The average molecular weight is 277 g/mol. The van der Waals surface area contributed by atoms with Gasteiger partial charge in [0.05, 0.1) is 5.69 Å². The van der Waals surface area contributed by atoms with Gasteiger partial charge >= 0.3 is 0 Å². The summed E-state index contributed by atoms with van der Waals surface area (Å²) in [5.74, 6) is 3.92. The minimum atomic E-state index is 0.805. The van der Waals surface area contributed by atoms with Gasteiger partial charge in [-0.15, -0.1) is 0 Å². The van der Waals surface area contributed by atoms with Crippen LogP contribution in [0.3, 0.4) is 0 Å². The molecule has 1 aromatic rings. The number of imidazole rings is 1. The van der Waals surface area contributed by atoms with E-state index >= 15 is 0 Å². The van der Waals surface area contributed by atoms with E-state index in [1.807, 2.05) is 0 Å². The molecule has 2 aliphatic carbocycles. The van der Waals surface area contributed by atoms with Gasteiger partial charge in [-0.05, 0) is 50.4 Å². The maximum Gasteiger partial charge on any atom is 0.203 e. The number of nitrogens with zero attached hydrogens (tertiary/aromatic N) is 2. The van der Waals surface area contributed by atoms with E-state index in [1.54, 1.807) is 7.11 Å². The largest absolute Gasteiger partial charge is 0.385 e. The van der Waals surface area contributed by atoms with Crippen LogP contribution in [0.4, 0.5) is 5.95 Å². The minimum Gasteiger partial charge on any atom is -0.385 e. The van der Waals surface area contributed by atoms with Crippen molar-refractivity contribution in [3.05, 3.63) is 11.9 Å². The molecule has 0 spiro atoms. The van der Waals surface area contributed by atoms with Crippen molar-refractivity contribution < 1.29 is 4.74 Å². The van der Waals surface area contributed by atoms with Crippen LogP contribution in [0.25, 0.3) is 0 Å². The summed E-state index contributed by atoms with van der Waals surface area (Å²) in [6.07, 6.45) is 9.08. The van der Waals surface area contributed by atoms with Crippen molar-refractivity contribution in [3.8, 4) is 0 Å². The molecule has 4 nitrogen and oxygen atoms in total. The maximum atomic E-state index is 5.09. The summed E-state index contributed by atoms with van der Waals surface area (Å²) < 4.78 is 7.43. The lowest BCUT2D eigenvalue weighted by molar-refractivity contribution is 0.197. The molecule has 2 saturated carbocycles. The third-order valence-corrected chi connectivity index (χ3v) is 5.02. The smallest absolute Gasteiger partial charge is 0.203 e. The van der Waals surface area contributed by atoms with Crippen LogP contribution in [0.5, 0.6) is 0 Å². The SMILES string of the molecule is COCCCNc1nc(C)cn1CC1CC2CCC1C2. The zero-order chi connectivity index (χ0) is 13.9. The third kappa shape index (κ3) is 3.00. The predicted octanol–water partition coefficient (Wildman–Crippen LogP) is 3.08. The van der Waals surface area contributed by atoms with E-state index in [0.717, 1.165) is 55.5 Å². The topological polar surface area (TPSA) is 39.1 Å². The van der Waals surface area contributed by atoms with Gasteiger partial charge in [-0.1, -0.05) is 6.42 Å². The van der Waals surface area contributed by atoms with Crippen LogP contribution < -0.4 is 5.32 Å². The number of methoxy groups -OCH3 is 1. The average Bonchev–Trinajstić information content (AvgIpc) is 3.11. The third-order valence-electron chi connectivity index (χ3n) is 5.02. The monoisotopic (exact) mass is 277 g/mol. The maximum absolute atomic E-state index is 5.09. The standard InChI is InChI=1S/C16H27N3O/c1-12-10-19(16(18-12)17-6-3-7-20-2)11-15-9-13-4-5-14(15)8-13/h10,13-15H,3-9,11H2,1-2H3,(H,17,18). The summed E-state index contributed by atoms with van der Waals surface area (Å²) >= 11 is 0. The molecule has 0 aliphatic heterocycles. The van der Waals surface area contributed by atoms with Crippen LogP contribution in [-0.2, 0) is 11.3 Å². The number of anilines is 1. The fraction of sp³-hybridized carbons (Fsp3) is 0.812. The number of hydrogen-bond acceptors (Lipinski definition) is 3. The molecule has 2 fully saturated rings. The first kappa shape index (κ1) is 13.9. The van der Waals surface area contributed by atoms with Gasteiger partial charge in [0.1, 0.15) is 0 Å². The Morgan fingerprint density at radius 3 is 3.00 bits per heavy atom. The van der Waals surface area contributed by atoms with Gasteiger partial charge in [0.2, 0.25) is 5.95 Å². The number of ether oxygens (including phenoxy) is 1. The van der Waals surface area contributed by atoms with E-state index in [2.05, 4.69) is 28.0 Å². The van der Waals surface area contributed by atoms with Crippen LogP contribution in [0.1, 0.15) is 37.8 Å². The first-order valence-electron chi connectivity index (χ1n) is 8.03. The fourth-order valence-corrected chi connectivity index (χ4v) is 4.10. The van der Waals surface area contributed by atoms with Gasteiger partial charge < -0.3 is 14.6 Å². The van der Waals surface area contributed by atoms with Crippen molar-refractivity contribution in [1.82, 2.24) is 9.55 Å². The van der Waals surface area contributed by atoms with Gasteiger partial charge in [0.15, 0.2) is 0 Å². The van der Waals surface area contributed by atoms with Gasteiger partial charge in [-0.2, -0.15) is 0 Å². The molecule has 112 valence electrons. The summed E-state index contributed by atoms with van der Waals surface area (Å²) in [4.78, 5) is 4.62. The zero-order valence-electron chi connectivity index (χ0n) is 12.8. The summed E-state index contributed by atoms with van der Waals surface area (Å²) in [5, 5.41) is 3.46. The second-order valence-corrected chi connectivity index (χ2v) is 6.57. The normalized spacial score (nSPS) is 28.2. The van der Waals surface area contributed by atoms with Crippen molar-refractivity contribution in [2.45, 2.75) is 45.6 Å². The van der Waals surface area contributed by atoms with Crippen molar-refractivity contribution in [1.29, 1.82) is 0 Å². The lowest BCUT2D eigenvalue weighted by Crippen LogP contribution is -2.19. The summed E-state index contributed by atoms with van der Waals surface area (Å²) in [7, 11) is 1.75. The van der Waals surface area contributed by atoms with E-state index in [0.29, 0.717) is 0 Å². The molecule has 1 N–H and O–H groups in total. The number of fused-ring (bicyclic) bond motifs is 2. The van der Waals surface area contributed by atoms with E-state index in [9.17, 15) is 0 Å². The van der Waals surface area contributed by atoms with Crippen molar-refractivity contribution in [2.75, 3.05) is 25.6 Å². The highest BCUT2D eigenvalue weighted by atomic mass is 16.5.